The Bertz CT molecular complexity index is 879. The average molecular weight is 426 g/mol. The lowest BCUT2D eigenvalue weighted by molar-refractivity contribution is -0.384. The predicted molar refractivity (Wildman–Crippen MR) is 122 cm³/mol. The van der Waals surface area contributed by atoms with Crippen molar-refractivity contribution in [3.63, 3.8) is 0 Å². The van der Waals surface area contributed by atoms with Crippen LogP contribution in [0.25, 0.3) is 0 Å². The quantitative estimate of drug-likeness (QED) is 0.277. The lowest BCUT2D eigenvalue weighted by Gasteiger charge is -2.30. The second-order valence-electron chi connectivity index (χ2n) is 7.50. The molecule has 2 aromatic carbocycles. The van der Waals surface area contributed by atoms with Crippen LogP contribution in [-0.2, 0) is 6.54 Å². The summed E-state index contributed by atoms with van der Waals surface area (Å²) in [6, 6.07) is 14.9. The van der Waals surface area contributed by atoms with Gasteiger partial charge in [0.05, 0.1) is 24.6 Å². The summed E-state index contributed by atoms with van der Waals surface area (Å²) in [4.78, 5) is 17.6. The maximum absolute atomic E-state index is 10.8. The Morgan fingerprint density at radius 3 is 2.52 bits per heavy atom. The Morgan fingerprint density at radius 1 is 1.16 bits per heavy atom. The molecule has 0 spiro atoms. The van der Waals surface area contributed by atoms with Crippen LogP contribution >= 0.6 is 0 Å². The van der Waals surface area contributed by atoms with Gasteiger partial charge in [-0.05, 0) is 44.5 Å². The Labute approximate surface area is 183 Å². The van der Waals surface area contributed by atoms with Gasteiger partial charge in [-0.1, -0.05) is 30.3 Å². The molecule has 1 atom stereocenters. The molecule has 0 amide bonds. The van der Waals surface area contributed by atoms with E-state index in [1.807, 2.05) is 19.1 Å². The Balaban J connectivity index is 1.72. The van der Waals surface area contributed by atoms with E-state index in [0.29, 0.717) is 13.1 Å². The topological polar surface area (TPSA) is 92.0 Å². The number of rotatable bonds is 9. The molecule has 31 heavy (non-hydrogen) atoms. The summed E-state index contributed by atoms with van der Waals surface area (Å²) in [5.41, 5.74) is 2.18. The molecule has 1 aliphatic rings. The lowest BCUT2D eigenvalue weighted by atomic mass is 10.0. The first-order chi connectivity index (χ1) is 15.1. The highest BCUT2D eigenvalue weighted by Gasteiger charge is 2.26. The van der Waals surface area contributed by atoms with Gasteiger partial charge in [0.15, 0.2) is 5.96 Å². The number of nitro benzene ring substituents is 1. The number of ether oxygens (including phenoxy) is 1. The molecule has 3 rings (SSSR count). The summed E-state index contributed by atoms with van der Waals surface area (Å²) >= 11 is 0. The van der Waals surface area contributed by atoms with Crippen LogP contribution in [-0.4, -0.2) is 49.1 Å². The Morgan fingerprint density at radius 2 is 1.87 bits per heavy atom. The lowest BCUT2D eigenvalue weighted by Crippen LogP contribution is -2.42. The fourth-order valence-electron chi connectivity index (χ4n) is 3.86. The minimum absolute atomic E-state index is 0.0861. The van der Waals surface area contributed by atoms with Crippen molar-refractivity contribution in [2.75, 3.05) is 33.3 Å². The molecule has 2 N–H and O–H groups in total. The van der Waals surface area contributed by atoms with Crippen LogP contribution in [0.1, 0.15) is 36.9 Å². The third kappa shape index (κ3) is 6.18. The number of para-hydroxylation sites is 1. The molecule has 0 saturated carbocycles. The highest BCUT2D eigenvalue weighted by molar-refractivity contribution is 5.79. The SMILES string of the molecule is CCNC(=NCc1ccc([N+](=O)[O-])cc1)NCC(c1ccccc1OC)N1CCCC1. The van der Waals surface area contributed by atoms with Crippen LogP contribution in [0.2, 0.25) is 0 Å². The van der Waals surface area contributed by atoms with E-state index in [2.05, 4.69) is 32.7 Å². The molecule has 1 heterocycles. The molecular formula is C23H31N5O3. The van der Waals surface area contributed by atoms with Crippen molar-refractivity contribution in [3.05, 3.63) is 69.8 Å². The second kappa shape index (κ2) is 11.3. The van der Waals surface area contributed by atoms with Crippen LogP contribution in [0.15, 0.2) is 53.5 Å². The summed E-state index contributed by atoms with van der Waals surface area (Å²) in [5.74, 6) is 1.62. The highest BCUT2D eigenvalue weighted by Crippen LogP contribution is 2.31. The predicted octanol–water partition coefficient (Wildman–Crippen LogP) is 3.50. The first-order valence-electron chi connectivity index (χ1n) is 10.7. The fourth-order valence-corrected chi connectivity index (χ4v) is 3.86. The molecular weight excluding hydrogens is 394 g/mol. The third-order valence-corrected chi connectivity index (χ3v) is 5.45. The highest BCUT2D eigenvalue weighted by atomic mass is 16.6. The number of nitrogens with zero attached hydrogens (tertiary/aromatic N) is 3. The minimum Gasteiger partial charge on any atom is -0.496 e. The van der Waals surface area contributed by atoms with Crippen molar-refractivity contribution < 1.29 is 9.66 Å². The van der Waals surface area contributed by atoms with Crippen LogP contribution in [0.3, 0.4) is 0 Å². The van der Waals surface area contributed by atoms with Gasteiger partial charge in [0.1, 0.15) is 5.75 Å². The molecule has 166 valence electrons. The number of nitrogens with one attached hydrogen (secondary N) is 2. The summed E-state index contributed by atoms with van der Waals surface area (Å²) in [5, 5.41) is 17.6. The van der Waals surface area contributed by atoms with Crippen molar-refractivity contribution in [2.24, 2.45) is 4.99 Å². The average Bonchev–Trinajstić information content (AvgIpc) is 3.32. The van der Waals surface area contributed by atoms with Gasteiger partial charge in [-0.25, -0.2) is 4.99 Å². The summed E-state index contributed by atoms with van der Waals surface area (Å²) < 4.78 is 5.62. The van der Waals surface area contributed by atoms with Crippen molar-refractivity contribution in [2.45, 2.75) is 32.4 Å². The molecule has 1 aliphatic heterocycles. The molecule has 0 aliphatic carbocycles. The van der Waals surface area contributed by atoms with E-state index in [0.717, 1.165) is 36.9 Å². The molecule has 1 fully saturated rings. The van der Waals surface area contributed by atoms with Crippen LogP contribution < -0.4 is 15.4 Å². The number of hydrogen-bond acceptors (Lipinski definition) is 5. The zero-order valence-corrected chi connectivity index (χ0v) is 18.2. The van der Waals surface area contributed by atoms with Gasteiger partial charge < -0.3 is 15.4 Å². The maximum atomic E-state index is 10.8. The van der Waals surface area contributed by atoms with Gasteiger partial charge in [-0.2, -0.15) is 0 Å². The number of non-ortho nitro benzene ring substituents is 1. The summed E-state index contributed by atoms with van der Waals surface area (Å²) in [7, 11) is 1.71. The van der Waals surface area contributed by atoms with E-state index in [1.165, 1.54) is 30.5 Å². The minimum atomic E-state index is -0.394. The zero-order valence-electron chi connectivity index (χ0n) is 18.2. The number of methoxy groups -OCH3 is 1. The number of benzene rings is 2. The van der Waals surface area contributed by atoms with Crippen molar-refractivity contribution in [3.8, 4) is 5.75 Å². The zero-order chi connectivity index (χ0) is 22.1. The van der Waals surface area contributed by atoms with Crippen LogP contribution in [0, 0.1) is 10.1 Å². The normalized spacial score (nSPS) is 15.5. The maximum Gasteiger partial charge on any atom is 0.269 e. The Kier molecular flexibility index (Phi) is 8.23. The standard InChI is InChI=1S/C23H31N5O3/c1-3-24-23(25-16-18-10-12-19(13-11-18)28(29)30)26-17-21(27-14-6-7-15-27)20-8-4-5-9-22(20)31-2/h4-5,8-13,21H,3,6-7,14-17H2,1-2H3,(H2,24,25,26). The van der Waals surface area contributed by atoms with Crippen LogP contribution in [0.5, 0.6) is 5.75 Å². The van der Waals surface area contributed by atoms with Crippen molar-refractivity contribution in [1.29, 1.82) is 0 Å². The number of hydrogen-bond donors (Lipinski definition) is 2. The van der Waals surface area contributed by atoms with E-state index in [4.69, 9.17) is 4.74 Å². The number of likely N-dealkylation sites (tertiary alicyclic amines) is 1. The molecule has 0 aromatic heterocycles. The third-order valence-electron chi connectivity index (χ3n) is 5.45. The molecule has 1 saturated heterocycles. The number of aliphatic imine (C=N–C) groups is 1. The Hall–Kier alpha value is -3.13. The summed E-state index contributed by atoms with van der Waals surface area (Å²) in [6.07, 6.45) is 2.42. The molecule has 1 unspecified atom stereocenters. The second-order valence-corrected chi connectivity index (χ2v) is 7.50. The van der Waals surface area contributed by atoms with Crippen molar-refractivity contribution >= 4 is 11.6 Å². The monoisotopic (exact) mass is 425 g/mol. The van der Waals surface area contributed by atoms with Gasteiger partial charge in [0.2, 0.25) is 0 Å². The first kappa shape index (κ1) is 22.6. The van der Waals surface area contributed by atoms with Gasteiger partial charge in [0.25, 0.3) is 5.69 Å². The number of nitro groups is 1. The van der Waals surface area contributed by atoms with Gasteiger partial charge in [0, 0.05) is 30.8 Å². The van der Waals surface area contributed by atoms with E-state index in [9.17, 15) is 10.1 Å². The largest absolute Gasteiger partial charge is 0.496 e. The van der Waals surface area contributed by atoms with Gasteiger partial charge in [-0.15, -0.1) is 0 Å². The molecule has 8 heteroatoms. The van der Waals surface area contributed by atoms with E-state index < -0.39 is 4.92 Å². The summed E-state index contributed by atoms with van der Waals surface area (Å²) in [6.45, 7) is 6.06. The van der Waals surface area contributed by atoms with Crippen molar-refractivity contribution in [1.82, 2.24) is 15.5 Å². The van der Waals surface area contributed by atoms with E-state index >= 15 is 0 Å². The molecule has 0 bridgehead atoms. The fraction of sp³-hybridized carbons (Fsp3) is 0.435. The van der Waals surface area contributed by atoms with E-state index in [-0.39, 0.29) is 11.7 Å². The van der Waals surface area contributed by atoms with E-state index in [1.54, 1.807) is 19.2 Å². The van der Waals surface area contributed by atoms with Crippen LogP contribution in [0.4, 0.5) is 5.69 Å². The first-order valence-corrected chi connectivity index (χ1v) is 10.7. The van der Waals surface area contributed by atoms with Gasteiger partial charge in [-0.3, -0.25) is 15.0 Å². The smallest absolute Gasteiger partial charge is 0.269 e. The number of guanidine groups is 1. The van der Waals surface area contributed by atoms with Gasteiger partial charge >= 0.3 is 0 Å². The molecule has 2 aromatic rings. The molecule has 0 radical (unpaired) electrons. The molecule has 8 nitrogen and oxygen atoms in total.